The zero-order valence-electron chi connectivity index (χ0n) is 14.8. The van der Waals surface area contributed by atoms with E-state index in [9.17, 15) is 19.7 Å². The van der Waals surface area contributed by atoms with Crippen LogP contribution in [0, 0.1) is 10.1 Å². The molecule has 0 spiro atoms. The quantitative estimate of drug-likeness (QED) is 0.564. The molecule has 2 aromatic carbocycles. The molecule has 0 aliphatic carbocycles. The van der Waals surface area contributed by atoms with Gasteiger partial charge in [0.25, 0.3) is 5.91 Å². The number of hydrogen-bond donors (Lipinski definition) is 2. The van der Waals surface area contributed by atoms with Gasteiger partial charge in [-0.25, -0.2) is 0 Å². The van der Waals surface area contributed by atoms with Crippen LogP contribution >= 0.6 is 0 Å². The minimum Gasteiger partial charge on any atom is -0.497 e. The smallest absolute Gasteiger partial charge is 0.310 e. The van der Waals surface area contributed by atoms with Gasteiger partial charge in [0.2, 0.25) is 5.91 Å². The lowest BCUT2D eigenvalue weighted by atomic mass is 10.1. The number of carbonyl (C=O) groups is 2. The Hall–Kier alpha value is -3.62. The van der Waals surface area contributed by atoms with Crippen molar-refractivity contribution in [3.63, 3.8) is 0 Å². The van der Waals surface area contributed by atoms with Gasteiger partial charge in [0.1, 0.15) is 5.75 Å². The van der Waals surface area contributed by atoms with Crippen molar-refractivity contribution in [1.82, 2.24) is 10.9 Å². The van der Waals surface area contributed by atoms with Gasteiger partial charge in [0.15, 0.2) is 11.9 Å². The predicted octanol–water partition coefficient (Wildman–Crippen LogP) is 1.76. The summed E-state index contributed by atoms with van der Waals surface area (Å²) in [4.78, 5) is 34.3. The van der Waals surface area contributed by atoms with Crippen molar-refractivity contribution in [1.29, 1.82) is 0 Å². The van der Waals surface area contributed by atoms with E-state index >= 15 is 0 Å². The van der Waals surface area contributed by atoms with E-state index in [0.717, 1.165) is 5.56 Å². The third-order valence-electron chi connectivity index (χ3n) is 3.58. The van der Waals surface area contributed by atoms with Gasteiger partial charge in [0, 0.05) is 6.07 Å². The highest BCUT2D eigenvalue weighted by Gasteiger charge is 2.21. The van der Waals surface area contributed by atoms with Gasteiger partial charge in [0.05, 0.1) is 18.5 Å². The van der Waals surface area contributed by atoms with Gasteiger partial charge < -0.3 is 9.47 Å². The van der Waals surface area contributed by atoms with Gasteiger partial charge in [-0.1, -0.05) is 24.3 Å². The summed E-state index contributed by atoms with van der Waals surface area (Å²) in [7, 11) is 1.55. The van der Waals surface area contributed by atoms with Crippen molar-refractivity contribution < 1.29 is 24.0 Å². The summed E-state index contributed by atoms with van der Waals surface area (Å²) in [5.74, 6) is -0.425. The SMILES string of the molecule is COc1ccc(CC(=O)NNC(=O)[C@H](C)Oc2ccccc2[N+](=O)[O-])cc1. The lowest BCUT2D eigenvalue weighted by molar-refractivity contribution is -0.386. The molecule has 2 amide bonds. The fourth-order valence-corrected chi connectivity index (χ4v) is 2.16. The lowest BCUT2D eigenvalue weighted by Gasteiger charge is -2.15. The second kappa shape index (κ2) is 9.18. The molecule has 2 aromatic rings. The van der Waals surface area contributed by atoms with Crippen molar-refractivity contribution >= 4 is 17.5 Å². The molecule has 0 radical (unpaired) electrons. The Morgan fingerprint density at radius 1 is 1.11 bits per heavy atom. The highest BCUT2D eigenvalue weighted by molar-refractivity contribution is 5.85. The number of hydrogen-bond acceptors (Lipinski definition) is 6. The van der Waals surface area contributed by atoms with E-state index in [4.69, 9.17) is 9.47 Å². The van der Waals surface area contributed by atoms with Crippen molar-refractivity contribution in [3.05, 3.63) is 64.2 Å². The van der Waals surface area contributed by atoms with Gasteiger partial charge in [-0.3, -0.25) is 30.6 Å². The Morgan fingerprint density at radius 2 is 1.78 bits per heavy atom. The molecule has 27 heavy (non-hydrogen) atoms. The second-order valence-corrected chi connectivity index (χ2v) is 5.55. The predicted molar refractivity (Wildman–Crippen MR) is 96.2 cm³/mol. The van der Waals surface area contributed by atoms with Crippen LogP contribution in [-0.4, -0.2) is 30.0 Å². The monoisotopic (exact) mass is 373 g/mol. The molecule has 0 unspecified atom stereocenters. The molecule has 0 saturated carbocycles. The summed E-state index contributed by atoms with van der Waals surface area (Å²) < 4.78 is 10.4. The number of nitrogens with zero attached hydrogens (tertiary/aromatic N) is 1. The Kier molecular flexibility index (Phi) is 6.70. The zero-order valence-corrected chi connectivity index (χ0v) is 14.8. The number of carbonyl (C=O) groups excluding carboxylic acids is 2. The fourth-order valence-electron chi connectivity index (χ4n) is 2.16. The molecule has 0 fully saturated rings. The number of amides is 2. The number of hydrazine groups is 1. The molecule has 0 aliphatic heterocycles. The molecule has 0 bridgehead atoms. The highest BCUT2D eigenvalue weighted by Crippen LogP contribution is 2.26. The zero-order chi connectivity index (χ0) is 19.8. The molecule has 0 aromatic heterocycles. The fraction of sp³-hybridized carbons (Fsp3) is 0.222. The molecule has 0 heterocycles. The van der Waals surface area contributed by atoms with Gasteiger partial charge in [-0.2, -0.15) is 0 Å². The van der Waals surface area contributed by atoms with Gasteiger partial charge in [-0.15, -0.1) is 0 Å². The van der Waals surface area contributed by atoms with E-state index < -0.39 is 22.8 Å². The summed E-state index contributed by atoms with van der Waals surface area (Å²) in [5, 5.41) is 11.0. The average Bonchev–Trinajstić information content (AvgIpc) is 2.67. The van der Waals surface area contributed by atoms with E-state index in [-0.39, 0.29) is 17.9 Å². The van der Waals surface area contributed by atoms with E-state index in [2.05, 4.69) is 10.9 Å². The first-order valence-electron chi connectivity index (χ1n) is 8.02. The van der Waals surface area contributed by atoms with Crippen LogP contribution in [0.5, 0.6) is 11.5 Å². The van der Waals surface area contributed by atoms with Crippen LogP contribution < -0.4 is 20.3 Å². The number of ether oxygens (including phenoxy) is 2. The second-order valence-electron chi connectivity index (χ2n) is 5.55. The third kappa shape index (κ3) is 5.70. The van der Waals surface area contributed by atoms with Gasteiger partial charge >= 0.3 is 5.69 Å². The van der Waals surface area contributed by atoms with Crippen LogP contribution in [0.25, 0.3) is 0 Å². The van der Waals surface area contributed by atoms with Crippen molar-refractivity contribution in [2.45, 2.75) is 19.4 Å². The van der Waals surface area contributed by atoms with E-state index in [0.29, 0.717) is 5.75 Å². The summed E-state index contributed by atoms with van der Waals surface area (Å²) in [6, 6.07) is 12.6. The minimum absolute atomic E-state index is 0.0327. The van der Waals surface area contributed by atoms with Crippen LogP contribution in [0.3, 0.4) is 0 Å². The van der Waals surface area contributed by atoms with Gasteiger partial charge in [-0.05, 0) is 30.7 Å². The van der Waals surface area contributed by atoms with Crippen LogP contribution in [0.1, 0.15) is 12.5 Å². The van der Waals surface area contributed by atoms with Crippen LogP contribution in [-0.2, 0) is 16.0 Å². The number of rotatable bonds is 7. The number of benzene rings is 2. The lowest BCUT2D eigenvalue weighted by Crippen LogP contribution is -2.47. The third-order valence-corrected chi connectivity index (χ3v) is 3.58. The summed E-state index contributed by atoms with van der Waals surface area (Å²) in [6.45, 7) is 1.42. The molecule has 2 rings (SSSR count). The summed E-state index contributed by atoms with van der Waals surface area (Å²) in [5.41, 5.74) is 5.01. The maximum absolute atomic E-state index is 12.0. The molecule has 9 heteroatoms. The van der Waals surface area contributed by atoms with Crippen molar-refractivity contribution in [2.75, 3.05) is 7.11 Å². The number of para-hydroxylation sites is 2. The highest BCUT2D eigenvalue weighted by atomic mass is 16.6. The number of nitro groups is 1. The van der Waals surface area contributed by atoms with Crippen LogP contribution in [0.2, 0.25) is 0 Å². The molecule has 2 N–H and O–H groups in total. The maximum atomic E-state index is 12.0. The minimum atomic E-state index is -1.05. The summed E-state index contributed by atoms with van der Waals surface area (Å²) >= 11 is 0. The number of methoxy groups -OCH3 is 1. The Balaban J connectivity index is 1.85. The Bertz CT molecular complexity index is 822. The first-order valence-corrected chi connectivity index (χ1v) is 8.02. The molecular formula is C18H19N3O6. The van der Waals surface area contributed by atoms with Crippen molar-refractivity contribution in [3.8, 4) is 11.5 Å². The standard InChI is InChI=1S/C18H19N3O6/c1-12(27-16-6-4-3-5-15(16)21(24)25)18(23)20-19-17(22)11-13-7-9-14(26-2)10-8-13/h3-10,12H,11H2,1-2H3,(H,19,22)(H,20,23)/t12-/m0/s1. The molecular weight excluding hydrogens is 354 g/mol. The molecule has 0 saturated heterocycles. The number of nitrogens with one attached hydrogen (secondary N) is 2. The Morgan fingerprint density at radius 3 is 2.41 bits per heavy atom. The first kappa shape index (κ1) is 19.7. The normalized spacial score (nSPS) is 11.2. The van der Waals surface area contributed by atoms with E-state index in [1.807, 2.05) is 0 Å². The Labute approximate surface area is 155 Å². The van der Waals surface area contributed by atoms with E-state index in [1.54, 1.807) is 37.4 Å². The van der Waals surface area contributed by atoms with Crippen LogP contribution in [0.4, 0.5) is 5.69 Å². The first-order chi connectivity index (χ1) is 12.9. The largest absolute Gasteiger partial charge is 0.497 e. The van der Waals surface area contributed by atoms with E-state index in [1.165, 1.54) is 25.1 Å². The van der Waals surface area contributed by atoms with Crippen LogP contribution in [0.15, 0.2) is 48.5 Å². The number of nitro benzene ring substituents is 1. The van der Waals surface area contributed by atoms with Crippen molar-refractivity contribution in [2.24, 2.45) is 0 Å². The molecule has 9 nitrogen and oxygen atoms in total. The average molecular weight is 373 g/mol. The topological polar surface area (TPSA) is 120 Å². The molecule has 0 aliphatic rings. The molecule has 142 valence electrons. The molecule has 1 atom stereocenters. The summed E-state index contributed by atoms with van der Waals surface area (Å²) in [6.07, 6.45) is -0.990. The maximum Gasteiger partial charge on any atom is 0.310 e.